The molecule has 118 valence electrons. The monoisotopic (exact) mass is 302 g/mol. The lowest BCUT2D eigenvalue weighted by molar-refractivity contribution is 0.0757. The van der Waals surface area contributed by atoms with E-state index in [9.17, 15) is 8.42 Å². The molecular formula is C15H30N2O2S. The molecule has 0 radical (unpaired) electrons. The summed E-state index contributed by atoms with van der Waals surface area (Å²) >= 11 is 0. The fraction of sp³-hybridized carbons (Fsp3) is 1.00. The second-order valence-electron chi connectivity index (χ2n) is 6.75. The van der Waals surface area contributed by atoms with Crippen LogP contribution < -0.4 is 5.32 Å². The Labute approximate surface area is 124 Å². The van der Waals surface area contributed by atoms with E-state index in [4.69, 9.17) is 0 Å². The molecule has 2 rings (SSSR count). The van der Waals surface area contributed by atoms with Gasteiger partial charge in [-0.25, -0.2) is 8.42 Å². The molecule has 1 heterocycles. The molecule has 1 N–H and O–H groups in total. The molecular weight excluding hydrogens is 272 g/mol. The summed E-state index contributed by atoms with van der Waals surface area (Å²) in [4.78, 5) is 2.56. The molecule has 2 unspecified atom stereocenters. The van der Waals surface area contributed by atoms with Gasteiger partial charge < -0.3 is 5.32 Å². The van der Waals surface area contributed by atoms with Gasteiger partial charge in [0.05, 0.1) is 5.75 Å². The molecule has 0 aromatic rings. The van der Waals surface area contributed by atoms with Crippen molar-refractivity contribution in [1.29, 1.82) is 0 Å². The quantitative estimate of drug-likeness (QED) is 0.839. The Kier molecular flexibility index (Phi) is 5.87. The number of piperazine rings is 1. The van der Waals surface area contributed by atoms with E-state index in [0.717, 1.165) is 32.0 Å². The van der Waals surface area contributed by atoms with Gasteiger partial charge >= 0.3 is 0 Å². The van der Waals surface area contributed by atoms with E-state index in [1.54, 1.807) is 0 Å². The van der Waals surface area contributed by atoms with Crippen molar-refractivity contribution in [3.8, 4) is 0 Å². The topological polar surface area (TPSA) is 49.4 Å². The van der Waals surface area contributed by atoms with Gasteiger partial charge in [-0.05, 0) is 38.6 Å². The molecule has 2 aliphatic rings. The zero-order chi connectivity index (χ0) is 14.6. The molecule has 0 spiro atoms. The molecule has 4 nitrogen and oxygen atoms in total. The van der Waals surface area contributed by atoms with E-state index in [0.29, 0.717) is 17.8 Å². The highest BCUT2D eigenvalue weighted by atomic mass is 32.2. The summed E-state index contributed by atoms with van der Waals surface area (Å²) < 4.78 is 22.6. The summed E-state index contributed by atoms with van der Waals surface area (Å²) in [5, 5.41) is 3.61. The third-order valence-corrected chi connectivity index (χ3v) is 5.84. The molecule has 0 aromatic heterocycles. The fourth-order valence-corrected chi connectivity index (χ4v) is 4.43. The lowest BCUT2D eigenvalue weighted by Gasteiger charge is -2.44. The fourth-order valence-electron chi connectivity index (χ4n) is 3.77. The van der Waals surface area contributed by atoms with Crippen LogP contribution in [0.25, 0.3) is 0 Å². The Morgan fingerprint density at radius 1 is 1.20 bits per heavy atom. The second kappa shape index (κ2) is 7.23. The number of hydrogen-bond acceptors (Lipinski definition) is 4. The van der Waals surface area contributed by atoms with Crippen molar-refractivity contribution in [3.05, 3.63) is 0 Å². The van der Waals surface area contributed by atoms with Gasteiger partial charge in [-0.15, -0.1) is 0 Å². The van der Waals surface area contributed by atoms with Gasteiger partial charge in [0.1, 0.15) is 9.84 Å². The van der Waals surface area contributed by atoms with Gasteiger partial charge in [0.15, 0.2) is 0 Å². The first-order valence-corrected chi connectivity index (χ1v) is 10.2. The molecule has 1 aliphatic carbocycles. The Morgan fingerprint density at radius 2 is 1.90 bits per heavy atom. The molecule has 5 heteroatoms. The average molecular weight is 302 g/mol. The minimum atomic E-state index is -2.82. The standard InChI is InChI=1S/C15H30N2O2S/c1-13-12-17(9-6-10-20(2,18)19)15(11-16-13)14-7-4-3-5-8-14/h13-16H,3-12H2,1-2H3. The minimum Gasteiger partial charge on any atom is -0.311 e. The van der Waals surface area contributed by atoms with Crippen molar-refractivity contribution < 1.29 is 8.42 Å². The van der Waals surface area contributed by atoms with Crippen LogP contribution in [0.4, 0.5) is 0 Å². The Hall–Kier alpha value is -0.130. The average Bonchev–Trinajstić information content (AvgIpc) is 2.38. The zero-order valence-corrected chi connectivity index (χ0v) is 13.8. The van der Waals surface area contributed by atoms with E-state index in [1.165, 1.54) is 38.4 Å². The highest BCUT2D eigenvalue weighted by Crippen LogP contribution is 2.30. The Morgan fingerprint density at radius 3 is 2.55 bits per heavy atom. The predicted octanol–water partition coefficient (Wildman–Crippen LogP) is 1.66. The maximum atomic E-state index is 11.3. The number of rotatable bonds is 5. The summed E-state index contributed by atoms with van der Waals surface area (Å²) in [6.45, 7) is 5.29. The van der Waals surface area contributed by atoms with Gasteiger partial charge in [0.25, 0.3) is 0 Å². The zero-order valence-electron chi connectivity index (χ0n) is 13.0. The molecule has 20 heavy (non-hydrogen) atoms. The van der Waals surface area contributed by atoms with Crippen LogP contribution in [0, 0.1) is 5.92 Å². The smallest absolute Gasteiger partial charge is 0.147 e. The van der Waals surface area contributed by atoms with Crippen LogP contribution in [-0.2, 0) is 9.84 Å². The first-order valence-electron chi connectivity index (χ1n) is 8.11. The van der Waals surface area contributed by atoms with Crippen molar-refractivity contribution in [2.75, 3.05) is 31.6 Å². The van der Waals surface area contributed by atoms with Gasteiger partial charge in [0.2, 0.25) is 0 Å². The van der Waals surface area contributed by atoms with Crippen molar-refractivity contribution >= 4 is 9.84 Å². The largest absolute Gasteiger partial charge is 0.311 e. The van der Waals surface area contributed by atoms with Gasteiger partial charge in [-0.2, -0.15) is 0 Å². The van der Waals surface area contributed by atoms with Crippen LogP contribution in [0.5, 0.6) is 0 Å². The van der Waals surface area contributed by atoms with Crippen LogP contribution in [0.2, 0.25) is 0 Å². The van der Waals surface area contributed by atoms with Crippen LogP contribution in [0.1, 0.15) is 45.4 Å². The third-order valence-electron chi connectivity index (χ3n) is 4.81. The van der Waals surface area contributed by atoms with Gasteiger partial charge in [0, 0.05) is 31.4 Å². The lowest BCUT2D eigenvalue weighted by atomic mass is 9.82. The Balaban J connectivity index is 1.89. The van der Waals surface area contributed by atoms with E-state index in [-0.39, 0.29) is 0 Å². The summed E-state index contributed by atoms with van der Waals surface area (Å²) in [5.74, 6) is 1.13. The molecule has 1 saturated carbocycles. The van der Waals surface area contributed by atoms with E-state index in [2.05, 4.69) is 17.1 Å². The predicted molar refractivity (Wildman–Crippen MR) is 83.7 cm³/mol. The summed E-state index contributed by atoms with van der Waals surface area (Å²) in [5.41, 5.74) is 0. The van der Waals surface area contributed by atoms with Crippen molar-refractivity contribution in [2.45, 2.75) is 57.5 Å². The number of sulfone groups is 1. The summed E-state index contributed by atoms with van der Waals surface area (Å²) in [7, 11) is -2.82. The minimum absolute atomic E-state index is 0.322. The van der Waals surface area contributed by atoms with E-state index < -0.39 is 9.84 Å². The SMILES string of the molecule is CC1CN(CCCS(C)(=O)=O)C(C2CCCCC2)CN1. The van der Waals surface area contributed by atoms with E-state index >= 15 is 0 Å². The molecule has 0 bridgehead atoms. The van der Waals surface area contributed by atoms with E-state index in [1.807, 2.05) is 0 Å². The first kappa shape index (κ1) is 16.2. The number of nitrogens with one attached hydrogen (secondary N) is 1. The molecule has 0 amide bonds. The highest BCUT2D eigenvalue weighted by molar-refractivity contribution is 7.90. The maximum absolute atomic E-state index is 11.3. The number of nitrogens with zero attached hydrogens (tertiary/aromatic N) is 1. The van der Waals surface area contributed by atoms with Crippen LogP contribution in [0.15, 0.2) is 0 Å². The first-order chi connectivity index (χ1) is 9.46. The summed E-state index contributed by atoms with van der Waals surface area (Å²) in [6.07, 6.45) is 8.94. The second-order valence-corrected chi connectivity index (χ2v) is 9.01. The number of hydrogen-bond donors (Lipinski definition) is 1. The lowest BCUT2D eigenvalue weighted by Crippen LogP contribution is -2.58. The van der Waals surface area contributed by atoms with Crippen LogP contribution in [0.3, 0.4) is 0 Å². The normalized spacial score (nSPS) is 30.5. The molecule has 1 aliphatic heterocycles. The molecule has 2 atom stereocenters. The molecule has 0 aromatic carbocycles. The van der Waals surface area contributed by atoms with Gasteiger partial charge in [-0.3, -0.25) is 4.90 Å². The molecule has 1 saturated heterocycles. The highest BCUT2D eigenvalue weighted by Gasteiger charge is 2.32. The summed E-state index contributed by atoms with van der Waals surface area (Å²) in [6, 6.07) is 1.14. The van der Waals surface area contributed by atoms with Gasteiger partial charge in [-0.1, -0.05) is 19.3 Å². The molecule has 2 fully saturated rings. The van der Waals surface area contributed by atoms with Crippen LogP contribution in [-0.4, -0.2) is 57.0 Å². The van der Waals surface area contributed by atoms with Crippen molar-refractivity contribution in [3.63, 3.8) is 0 Å². The third kappa shape index (κ3) is 5.01. The van der Waals surface area contributed by atoms with Crippen molar-refractivity contribution in [1.82, 2.24) is 10.2 Å². The van der Waals surface area contributed by atoms with Crippen molar-refractivity contribution in [2.24, 2.45) is 5.92 Å². The van der Waals surface area contributed by atoms with Crippen LogP contribution >= 0.6 is 0 Å². The maximum Gasteiger partial charge on any atom is 0.147 e. The Bertz CT molecular complexity index is 391.